The lowest BCUT2D eigenvalue weighted by Gasteiger charge is -2.21. The van der Waals surface area contributed by atoms with Gasteiger partial charge in [-0.1, -0.05) is 28.4 Å². The van der Waals surface area contributed by atoms with Crippen LogP contribution >= 0.6 is 30.8 Å². The first-order valence-corrected chi connectivity index (χ1v) is 15.1. The van der Waals surface area contributed by atoms with E-state index in [0.717, 1.165) is 0 Å². The molecule has 0 saturated carbocycles. The number of oxime groups is 1. The van der Waals surface area contributed by atoms with Gasteiger partial charge in [0.1, 0.15) is 12.3 Å². The number of benzene rings is 1. The van der Waals surface area contributed by atoms with E-state index in [2.05, 4.69) is 10.1 Å². The summed E-state index contributed by atoms with van der Waals surface area (Å²) in [6.07, 6.45) is 0.197. The van der Waals surface area contributed by atoms with Gasteiger partial charge in [-0.2, -0.15) is 0 Å². The van der Waals surface area contributed by atoms with E-state index in [9.17, 15) is 24.4 Å². The molecule has 0 amide bonds. The summed E-state index contributed by atoms with van der Waals surface area (Å²) < 4.78 is 35.9. The van der Waals surface area contributed by atoms with Crippen LogP contribution in [0.15, 0.2) is 27.0 Å². The molecule has 14 nitrogen and oxygen atoms in total. The SMILES string of the molecule is COc1cc(Cl)c(/C=N/O[C@@H]2C[C@H](n3cc(C)c(=O)[nH]c3=O)O[C@@H]2COP(C)(=O)OC[C@@H](CO)CCO)c(Cl)c1O. The Hall–Kier alpha value is -2.42. The largest absolute Gasteiger partial charge is 0.503 e. The van der Waals surface area contributed by atoms with Gasteiger partial charge in [-0.05, 0) is 13.3 Å². The van der Waals surface area contributed by atoms with Crippen LogP contribution in [-0.4, -0.2) is 83.5 Å². The Morgan fingerprint density at radius 2 is 2.05 bits per heavy atom. The Morgan fingerprint density at radius 1 is 1.32 bits per heavy atom. The van der Waals surface area contributed by atoms with Gasteiger partial charge in [0.15, 0.2) is 17.6 Å². The van der Waals surface area contributed by atoms with Crippen molar-refractivity contribution in [1.29, 1.82) is 0 Å². The normalized spacial score (nSPS) is 21.2. The van der Waals surface area contributed by atoms with Gasteiger partial charge in [-0.15, -0.1) is 0 Å². The van der Waals surface area contributed by atoms with Crippen molar-refractivity contribution in [3.63, 3.8) is 0 Å². The van der Waals surface area contributed by atoms with Gasteiger partial charge in [0, 0.05) is 55.6 Å². The van der Waals surface area contributed by atoms with Gasteiger partial charge in [-0.25, -0.2) is 4.79 Å². The fourth-order valence-electron chi connectivity index (χ4n) is 3.87. The third kappa shape index (κ3) is 8.55. The minimum atomic E-state index is -3.64. The molecule has 2 heterocycles. The van der Waals surface area contributed by atoms with E-state index in [-0.39, 0.29) is 71.9 Å². The number of methoxy groups -OCH3 is 1. The second kappa shape index (κ2) is 14.7. The Morgan fingerprint density at radius 3 is 2.71 bits per heavy atom. The summed E-state index contributed by atoms with van der Waals surface area (Å²) in [6.45, 7) is 1.94. The molecular weight excluding hydrogens is 608 g/mol. The zero-order valence-corrected chi connectivity index (χ0v) is 24.9. The topological polar surface area (TPSA) is 191 Å². The zero-order valence-electron chi connectivity index (χ0n) is 22.5. The number of aryl methyl sites for hydroxylation is 1. The van der Waals surface area contributed by atoms with Crippen molar-refractivity contribution in [2.75, 3.05) is 40.2 Å². The van der Waals surface area contributed by atoms with E-state index >= 15 is 0 Å². The van der Waals surface area contributed by atoms with E-state index in [1.54, 1.807) is 0 Å². The molecule has 1 unspecified atom stereocenters. The summed E-state index contributed by atoms with van der Waals surface area (Å²) in [6, 6.07) is 1.35. The van der Waals surface area contributed by atoms with Gasteiger partial charge >= 0.3 is 13.3 Å². The number of aromatic amines is 1. The summed E-state index contributed by atoms with van der Waals surface area (Å²) >= 11 is 12.4. The molecule has 17 heteroatoms. The summed E-state index contributed by atoms with van der Waals surface area (Å²) in [5, 5.41) is 32.6. The second-order valence-electron chi connectivity index (χ2n) is 9.28. The maximum Gasteiger partial charge on any atom is 0.330 e. The van der Waals surface area contributed by atoms with Crippen LogP contribution < -0.4 is 16.0 Å². The molecule has 1 aliphatic heterocycles. The maximum atomic E-state index is 12.9. The molecule has 3 rings (SSSR count). The number of hydrogen-bond donors (Lipinski definition) is 4. The van der Waals surface area contributed by atoms with Crippen LogP contribution in [0.1, 0.15) is 30.2 Å². The molecule has 1 fully saturated rings. The van der Waals surface area contributed by atoms with E-state index < -0.39 is 43.2 Å². The fourth-order valence-corrected chi connectivity index (χ4v) is 5.37. The molecule has 1 aromatic carbocycles. The van der Waals surface area contributed by atoms with Gasteiger partial charge in [0.05, 0.1) is 36.6 Å². The fraction of sp³-hybridized carbons (Fsp3) is 0.542. The minimum Gasteiger partial charge on any atom is -0.503 e. The Kier molecular flexibility index (Phi) is 11.8. The molecular formula is C24H32Cl2N3O11P. The number of nitrogens with zero attached hydrogens (tertiary/aromatic N) is 2. The Labute approximate surface area is 244 Å². The number of aromatic nitrogens is 2. The van der Waals surface area contributed by atoms with Gasteiger partial charge in [-0.3, -0.25) is 18.9 Å². The summed E-state index contributed by atoms with van der Waals surface area (Å²) in [5.41, 5.74) is -0.815. The standard InChI is InChI=1S/C24H32Cl2N3O11P/c1-13-9-29(24(34)28-23(13)33)20-7-17(40-27-8-15-16(25)6-18(36-2)22(32)21(15)26)19(39-20)12-38-41(3,35)37-11-14(10-31)4-5-30/h6,8-9,14,17,19-20,30-32H,4-5,7,10-12H2,1-3H3,(H,28,33,34)/b27-8+/t14-,17-,19-,20-,41?/m1/s1. The summed E-state index contributed by atoms with van der Waals surface area (Å²) in [4.78, 5) is 32.1. The first kappa shape index (κ1) is 33.1. The third-order valence-electron chi connectivity index (χ3n) is 6.24. The van der Waals surface area contributed by atoms with Crippen LogP contribution in [0.5, 0.6) is 11.5 Å². The molecule has 0 bridgehead atoms. The lowest BCUT2D eigenvalue weighted by atomic mass is 10.1. The monoisotopic (exact) mass is 639 g/mol. The van der Waals surface area contributed by atoms with E-state index in [1.807, 2.05) is 0 Å². The highest BCUT2D eigenvalue weighted by Crippen LogP contribution is 2.45. The number of aliphatic hydroxyl groups is 2. The van der Waals surface area contributed by atoms with Crippen LogP contribution in [0.4, 0.5) is 0 Å². The number of halogens is 2. The number of aromatic hydroxyl groups is 1. The van der Waals surface area contributed by atoms with Crippen LogP contribution in [0.25, 0.3) is 0 Å². The van der Waals surface area contributed by atoms with Crippen LogP contribution in [0, 0.1) is 12.8 Å². The number of H-pyrrole nitrogens is 1. The first-order chi connectivity index (χ1) is 19.4. The zero-order chi connectivity index (χ0) is 30.3. The predicted octanol–water partition coefficient (Wildman–Crippen LogP) is 2.42. The molecule has 228 valence electrons. The molecule has 4 N–H and O–H groups in total. The highest BCUT2D eigenvalue weighted by molar-refractivity contribution is 7.52. The number of hydrogen-bond acceptors (Lipinski definition) is 12. The van der Waals surface area contributed by atoms with E-state index in [0.29, 0.717) is 0 Å². The first-order valence-electron chi connectivity index (χ1n) is 12.4. The van der Waals surface area contributed by atoms with Crippen molar-refractivity contribution in [3.8, 4) is 11.5 Å². The molecule has 5 atom stereocenters. The highest BCUT2D eigenvalue weighted by Gasteiger charge is 2.40. The molecule has 1 aromatic heterocycles. The third-order valence-corrected chi connectivity index (χ3v) is 8.17. The van der Waals surface area contributed by atoms with Crippen LogP contribution in [-0.2, 0) is 23.2 Å². The predicted molar refractivity (Wildman–Crippen MR) is 149 cm³/mol. The lowest BCUT2D eigenvalue weighted by molar-refractivity contribution is -0.0589. The van der Waals surface area contributed by atoms with Gasteiger partial charge < -0.3 is 38.7 Å². The van der Waals surface area contributed by atoms with E-state index in [4.69, 9.17) is 51.7 Å². The average Bonchev–Trinajstić information content (AvgIpc) is 3.34. The number of phenols is 1. The maximum absolute atomic E-state index is 12.9. The van der Waals surface area contributed by atoms with Crippen molar-refractivity contribution in [2.45, 2.75) is 38.2 Å². The molecule has 0 aliphatic carbocycles. The highest BCUT2D eigenvalue weighted by atomic mass is 35.5. The van der Waals surface area contributed by atoms with Crippen molar-refractivity contribution >= 4 is 37.0 Å². The molecule has 0 radical (unpaired) electrons. The van der Waals surface area contributed by atoms with Crippen molar-refractivity contribution in [1.82, 2.24) is 9.55 Å². The summed E-state index contributed by atoms with van der Waals surface area (Å²) in [5.74, 6) is -0.706. The number of rotatable bonds is 14. The van der Waals surface area contributed by atoms with Crippen molar-refractivity contribution < 1.29 is 43.2 Å². The van der Waals surface area contributed by atoms with Crippen molar-refractivity contribution in [3.05, 3.63) is 54.3 Å². The number of nitrogens with one attached hydrogen (secondary N) is 1. The number of aliphatic hydroxyl groups excluding tert-OH is 2. The number of ether oxygens (including phenoxy) is 2. The van der Waals surface area contributed by atoms with Crippen molar-refractivity contribution in [2.24, 2.45) is 11.1 Å². The smallest absolute Gasteiger partial charge is 0.330 e. The van der Waals surface area contributed by atoms with Gasteiger partial charge in [0.2, 0.25) is 0 Å². The second-order valence-corrected chi connectivity index (χ2v) is 12.1. The molecule has 1 saturated heterocycles. The Balaban J connectivity index is 1.79. The quantitative estimate of drug-likeness (QED) is 0.135. The Bertz CT molecular complexity index is 1400. The average molecular weight is 640 g/mol. The van der Waals surface area contributed by atoms with Crippen LogP contribution in [0.3, 0.4) is 0 Å². The van der Waals surface area contributed by atoms with Crippen LogP contribution in [0.2, 0.25) is 10.0 Å². The molecule has 0 spiro atoms. The van der Waals surface area contributed by atoms with E-state index in [1.165, 1.54) is 43.7 Å². The number of phenolic OH excluding ortho intramolecular Hbond substituents is 1. The van der Waals surface area contributed by atoms with Gasteiger partial charge in [0.25, 0.3) is 5.56 Å². The summed E-state index contributed by atoms with van der Waals surface area (Å²) in [7, 11) is -2.30. The molecule has 1 aliphatic rings. The molecule has 2 aromatic rings. The lowest BCUT2D eigenvalue weighted by Crippen LogP contribution is -2.33. The molecule has 41 heavy (non-hydrogen) atoms. The minimum absolute atomic E-state index is 0.0665.